The number of amides is 3. The van der Waals surface area contributed by atoms with Gasteiger partial charge in [-0.2, -0.15) is 0 Å². The monoisotopic (exact) mass is 286 g/mol. The summed E-state index contributed by atoms with van der Waals surface area (Å²) in [6.07, 6.45) is 0.0672. The number of carbonyl (C=O) groups is 3. The molecule has 7 heteroatoms. The van der Waals surface area contributed by atoms with E-state index in [1.165, 1.54) is 0 Å². The van der Waals surface area contributed by atoms with Crippen molar-refractivity contribution in [1.29, 1.82) is 0 Å². The van der Waals surface area contributed by atoms with Gasteiger partial charge in [-0.25, -0.2) is 0 Å². The van der Waals surface area contributed by atoms with Gasteiger partial charge in [0.05, 0.1) is 6.04 Å². The van der Waals surface area contributed by atoms with Crippen LogP contribution >= 0.6 is 0 Å². The predicted octanol–water partition coefficient (Wildman–Crippen LogP) is -0.742. The van der Waals surface area contributed by atoms with Crippen molar-refractivity contribution >= 4 is 17.7 Å². The quantitative estimate of drug-likeness (QED) is 0.470. The smallest absolute Gasteiger partial charge is 0.242 e. The molecular formula is C13H26N4O3. The number of hydrogen-bond donors (Lipinski definition) is 4. The predicted molar refractivity (Wildman–Crippen MR) is 76.8 cm³/mol. The SMILES string of the molecule is CC(C)NC(C)C(=O)NC(C)C(=O)NC(C)CC(N)=O. The average Bonchev–Trinajstić information content (AvgIpc) is 2.26. The molecule has 0 aliphatic rings. The molecule has 0 fully saturated rings. The van der Waals surface area contributed by atoms with Gasteiger partial charge in [0.1, 0.15) is 6.04 Å². The normalized spacial score (nSPS) is 15.3. The summed E-state index contributed by atoms with van der Waals surface area (Å²) in [7, 11) is 0. The maximum absolute atomic E-state index is 11.8. The van der Waals surface area contributed by atoms with Gasteiger partial charge in [-0.15, -0.1) is 0 Å². The van der Waals surface area contributed by atoms with Crippen LogP contribution in [0.2, 0.25) is 0 Å². The van der Waals surface area contributed by atoms with Gasteiger partial charge >= 0.3 is 0 Å². The molecular weight excluding hydrogens is 260 g/mol. The molecule has 116 valence electrons. The fourth-order valence-corrected chi connectivity index (χ4v) is 1.70. The first-order valence-corrected chi connectivity index (χ1v) is 6.78. The lowest BCUT2D eigenvalue weighted by Gasteiger charge is -2.21. The van der Waals surface area contributed by atoms with E-state index in [0.29, 0.717) is 0 Å². The molecule has 5 N–H and O–H groups in total. The zero-order valence-corrected chi connectivity index (χ0v) is 12.8. The van der Waals surface area contributed by atoms with Gasteiger partial charge < -0.3 is 21.7 Å². The molecule has 0 aliphatic carbocycles. The van der Waals surface area contributed by atoms with Gasteiger partial charge in [-0.3, -0.25) is 14.4 Å². The highest BCUT2D eigenvalue weighted by Crippen LogP contribution is 1.93. The van der Waals surface area contributed by atoms with Gasteiger partial charge in [-0.1, -0.05) is 13.8 Å². The van der Waals surface area contributed by atoms with Crippen LogP contribution in [0.4, 0.5) is 0 Å². The van der Waals surface area contributed by atoms with Crippen LogP contribution in [0.25, 0.3) is 0 Å². The molecule has 0 saturated heterocycles. The Morgan fingerprint density at radius 1 is 0.900 bits per heavy atom. The minimum Gasteiger partial charge on any atom is -0.370 e. The standard InChI is InChI=1S/C13H26N4O3/c1-7(2)15-9(4)13(20)17-10(5)12(19)16-8(3)6-11(14)18/h7-10,15H,6H2,1-5H3,(H2,14,18)(H,16,19)(H,17,20). The molecule has 0 bridgehead atoms. The molecule has 20 heavy (non-hydrogen) atoms. The summed E-state index contributed by atoms with van der Waals surface area (Å²) < 4.78 is 0. The Balaban J connectivity index is 4.25. The van der Waals surface area contributed by atoms with Crippen molar-refractivity contribution in [3.63, 3.8) is 0 Å². The maximum atomic E-state index is 11.8. The van der Waals surface area contributed by atoms with E-state index in [1.54, 1.807) is 20.8 Å². The van der Waals surface area contributed by atoms with Crippen LogP contribution in [-0.2, 0) is 14.4 Å². The summed E-state index contributed by atoms with van der Waals surface area (Å²) in [6.45, 7) is 8.87. The van der Waals surface area contributed by atoms with Crippen molar-refractivity contribution in [3.05, 3.63) is 0 Å². The molecule has 0 aromatic rings. The Morgan fingerprint density at radius 3 is 1.85 bits per heavy atom. The largest absolute Gasteiger partial charge is 0.370 e. The molecule has 0 heterocycles. The van der Waals surface area contributed by atoms with Gasteiger partial charge in [0.15, 0.2) is 0 Å². The van der Waals surface area contributed by atoms with Crippen molar-refractivity contribution in [1.82, 2.24) is 16.0 Å². The molecule has 7 nitrogen and oxygen atoms in total. The van der Waals surface area contributed by atoms with Crippen LogP contribution in [0.5, 0.6) is 0 Å². The number of nitrogens with one attached hydrogen (secondary N) is 3. The fraction of sp³-hybridized carbons (Fsp3) is 0.769. The molecule has 0 aliphatic heterocycles. The van der Waals surface area contributed by atoms with E-state index in [4.69, 9.17) is 5.73 Å². The van der Waals surface area contributed by atoms with Crippen molar-refractivity contribution in [2.75, 3.05) is 0 Å². The zero-order chi connectivity index (χ0) is 15.9. The highest BCUT2D eigenvalue weighted by molar-refractivity contribution is 5.89. The highest BCUT2D eigenvalue weighted by atomic mass is 16.2. The molecule has 0 aromatic carbocycles. The van der Waals surface area contributed by atoms with Gasteiger partial charge in [0, 0.05) is 18.5 Å². The Labute approximate surface area is 120 Å². The van der Waals surface area contributed by atoms with E-state index >= 15 is 0 Å². The van der Waals surface area contributed by atoms with E-state index in [0.717, 1.165) is 0 Å². The summed E-state index contributed by atoms with van der Waals surface area (Å²) in [6, 6.07) is -1.23. The molecule has 3 unspecified atom stereocenters. The Bertz CT molecular complexity index is 358. The van der Waals surface area contributed by atoms with E-state index in [-0.39, 0.29) is 36.4 Å². The third-order valence-electron chi connectivity index (χ3n) is 2.62. The number of nitrogens with two attached hydrogens (primary N) is 1. The van der Waals surface area contributed by atoms with Gasteiger partial charge in [0.25, 0.3) is 0 Å². The summed E-state index contributed by atoms with van der Waals surface area (Å²) in [4.78, 5) is 34.4. The summed E-state index contributed by atoms with van der Waals surface area (Å²) in [5, 5.41) is 8.28. The van der Waals surface area contributed by atoms with Crippen molar-refractivity contribution in [2.45, 2.75) is 65.2 Å². The Kier molecular flexibility index (Phi) is 7.83. The van der Waals surface area contributed by atoms with Crippen molar-refractivity contribution < 1.29 is 14.4 Å². The van der Waals surface area contributed by atoms with E-state index in [9.17, 15) is 14.4 Å². The van der Waals surface area contributed by atoms with Gasteiger partial charge in [-0.05, 0) is 20.8 Å². The highest BCUT2D eigenvalue weighted by Gasteiger charge is 2.21. The minimum atomic E-state index is -0.672. The topological polar surface area (TPSA) is 113 Å². The lowest BCUT2D eigenvalue weighted by Crippen LogP contribution is -2.53. The molecule has 0 aromatic heterocycles. The molecule has 3 atom stereocenters. The van der Waals surface area contributed by atoms with E-state index in [1.807, 2.05) is 13.8 Å². The third kappa shape index (κ3) is 7.73. The van der Waals surface area contributed by atoms with Crippen LogP contribution in [-0.4, -0.2) is 41.9 Å². The van der Waals surface area contributed by atoms with Crippen LogP contribution in [0.3, 0.4) is 0 Å². The van der Waals surface area contributed by atoms with E-state index in [2.05, 4.69) is 16.0 Å². The second kappa shape index (κ2) is 8.52. The Morgan fingerprint density at radius 2 is 1.40 bits per heavy atom. The average molecular weight is 286 g/mol. The second-order valence-electron chi connectivity index (χ2n) is 5.35. The third-order valence-corrected chi connectivity index (χ3v) is 2.62. The first-order valence-electron chi connectivity index (χ1n) is 6.78. The summed E-state index contributed by atoms with van der Waals surface area (Å²) in [5.41, 5.74) is 5.04. The molecule has 0 spiro atoms. The lowest BCUT2D eigenvalue weighted by molar-refractivity contribution is -0.130. The van der Waals surface area contributed by atoms with Crippen molar-refractivity contribution in [3.8, 4) is 0 Å². The fourth-order valence-electron chi connectivity index (χ4n) is 1.70. The van der Waals surface area contributed by atoms with E-state index < -0.39 is 11.9 Å². The number of hydrogen-bond acceptors (Lipinski definition) is 4. The van der Waals surface area contributed by atoms with Crippen LogP contribution < -0.4 is 21.7 Å². The number of primary amides is 1. The lowest BCUT2D eigenvalue weighted by atomic mass is 10.2. The number of rotatable bonds is 8. The molecule has 0 saturated carbocycles. The maximum Gasteiger partial charge on any atom is 0.242 e. The van der Waals surface area contributed by atoms with Crippen LogP contribution in [0.1, 0.15) is 41.0 Å². The second-order valence-corrected chi connectivity index (χ2v) is 5.35. The number of carbonyl (C=O) groups excluding carboxylic acids is 3. The molecule has 0 rings (SSSR count). The Hall–Kier alpha value is -1.63. The van der Waals surface area contributed by atoms with Crippen molar-refractivity contribution in [2.24, 2.45) is 5.73 Å². The molecule has 3 amide bonds. The zero-order valence-electron chi connectivity index (χ0n) is 12.8. The summed E-state index contributed by atoms with van der Waals surface area (Å²) in [5.74, 6) is -1.07. The first kappa shape index (κ1) is 18.4. The van der Waals surface area contributed by atoms with Crippen LogP contribution in [0.15, 0.2) is 0 Å². The molecule has 0 radical (unpaired) electrons. The van der Waals surface area contributed by atoms with Crippen LogP contribution in [0, 0.1) is 0 Å². The first-order chi connectivity index (χ1) is 9.13. The minimum absolute atomic E-state index is 0.0672. The summed E-state index contributed by atoms with van der Waals surface area (Å²) >= 11 is 0. The van der Waals surface area contributed by atoms with Gasteiger partial charge in [0.2, 0.25) is 17.7 Å².